The number of hydrogen-bond acceptors (Lipinski definition) is 4. The van der Waals surface area contributed by atoms with Crippen LogP contribution in [0, 0.1) is 6.92 Å². The van der Waals surface area contributed by atoms with Crippen molar-refractivity contribution in [3.8, 4) is 0 Å². The molecule has 1 aromatic rings. The fourth-order valence-electron chi connectivity index (χ4n) is 0.931. The quantitative estimate of drug-likeness (QED) is 0.680. The lowest BCUT2D eigenvalue weighted by atomic mass is 10.1. The molecule has 0 saturated heterocycles. The van der Waals surface area contributed by atoms with Gasteiger partial charge in [0.05, 0.1) is 11.4 Å². The lowest BCUT2D eigenvalue weighted by Crippen LogP contribution is -2.22. The number of carboxylic acid groups (broad SMARTS) is 1. The molecular formula is C8H11N3O2. The third kappa shape index (κ3) is 2.22. The van der Waals surface area contributed by atoms with Crippen molar-refractivity contribution in [2.75, 3.05) is 6.54 Å². The zero-order valence-corrected chi connectivity index (χ0v) is 7.27. The Morgan fingerprint density at radius 1 is 1.62 bits per heavy atom. The summed E-state index contributed by atoms with van der Waals surface area (Å²) in [7, 11) is 0. The molecule has 1 heterocycles. The van der Waals surface area contributed by atoms with Crippen molar-refractivity contribution < 1.29 is 9.90 Å². The second-order valence-corrected chi connectivity index (χ2v) is 2.71. The van der Waals surface area contributed by atoms with Crippen LogP contribution in [-0.4, -0.2) is 27.6 Å². The molecule has 0 bridgehead atoms. The largest absolute Gasteiger partial charge is 0.481 e. The van der Waals surface area contributed by atoms with E-state index >= 15 is 0 Å². The predicted molar refractivity (Wildman–Crippen MR) is 46.2 cm³/mol. The van der Waals surface area contributed by atoms with E-state index < -0.39 is 11.9 Å². The Hall–Kier alpha value is -1.49. The van der Waals surface area contributed by atoms with Gasteiger partial charge in [0, 0.05) is 18.9 Å². The van der Waals surface area contributed by atoms with Crippen LogP contribution in [0.5, 0.6) is 0 Å². The Morgan fingerprint density at radius 3 is 2.69 bits per heavy atom. The molecule has 0 aliphatic heterocycles. The van der Waals surface area contributed by atoms with E-state index in [0.29, 0.717) is 5.69 Å². The van der Waals surface area contributed by atoms with Crippen LogP contribution in [0.15, 0.2) is 12.4 Å². The van der Waals surface area contributed by atoms with Gasteiger partial charge >= 0.3 is 5.97 Å². The monoisotopic (exact) mass is 181 g/mol. The van der Waals surface area contributed by atoms with Crippen molar-refractivity contribution in [2.24, 2.45) is 5.73 Å². The lowest BCUT2D eigenvalue weighted by molar-refractivity contribution is -0.138. The summed E-state index contributed by atoms with van der Waals surface area (Å²) in [6, 6.07) is 0. The third-order valence-electron chi connectivity index (χ3n) is 1.69. The summed E-state index contributed by atoms with van der Waals surface area (Å²) < 4.78 is 0. The zero-order valence-electron chi connectivity index (χ0n) is 7.27. The van der Waals surface area contributed by atoms with Gasteiger partial charge in [-0.25, -0.2) is 0 Å². The fourth-order valence-corrected chi connectivity index (χ4v) is 0.931. The fraction of sp³-hybridized carbons (Fsp3) is 0.375. The Bertz CT molecular complexity index is 297. The van der Waals surface area contributed by atoms with E-state index in [1.807, 2.05) is 0 Å². The molecule has 3 N–H and O–H groups in total. The highest BCUT2D eigenvalue weighted by Gasteiger charge is 2.19. The normalized spacial score (nSPS) is 12.5. The van der Waals surface area contributed by atoms with Crippen LogP contribution in [0.2, 0.25) is 0 Å². The molecule has 0 aromatic carbocycles. The molecule has 0 amide bonds. The number of carboxylic acids is 1. The Labute approximate surface area is 75.6 Å². The molecule has 0 aliphatic carbocycles. The first-order chi connectivity index (χ1) is 6.15. The third-order valence-corrected chi connectivity index (χ3v) is 1.69. The topological polar surface area (TPSA) is 89.1 Å². The molecule has 0 radical (unpaired) electrons. The number of carbonyl (C=O) groups is 1. The molecule has 1 atom stereocenters. The number of aryl methyl sites for hydroxylation is 1. The summed E-state index contributed by atoms with van der Waals surface area (Å²) in [5.41, 5.74) is 6.45. The average Bonchev–Trinajstić information content (AvgIpc) is 2.09. The van der Waals surface area contributed by atoms with Crippen molar-refractivity contribution in [1.82, 2.24) is 9.97 Å². The standard InChI is InChI=1S/C8H11N3O2/c1-5-3-11-7(4-10-5)6(2-9)8(12)13/h3-4,6H,2,9H2,1H3,(H,12,13). The van der Waals surface area contributed by atoms with Gasteiger partial charge < -0.3 is 10.8 Å². The van der Waals surface area contributed by atoms with Gasteiger partial charge in [0.25, 0.3) is 0 Å². The molecule has 0 spiro atoms. The van der Waals surface area contributed by atoms with Crippen molar-refractivity contribution in [1.29, 1.82) is 0 Å². The van der Waals surface area contributed by atoms with E-state index in [4.69, 9.17) is 10.8 Å². The first kappa shape index (κ1) is 9.60. The minimum absolute atomic E-state index is 0.0348. The lowest BCUT2D eigenvalue weighted by Gasteiger charge is -2.07. The van der Waals surface area contributed by atoms with Gasteiger partial charge in [-0.3, -0.25) is 14.8 Å². The van der Waals surface area contributed by atoms with E-state index in [0.717, 1.165) is 5.69 Å². The molecule has 70 valence electrons. The molecule has 1 unspecified atom stereocenters. The van der Waals surface area contributed by atoms with Crippen LogP contribution >= 0.6 is 0 Å². The molecule has 1 aromatic heterocycles. The minimum Gasteiger partial charge on any atom is -0.481 e. The van der Waals surface area contributed by atoms with Gasteiger partial charge in [-0.2, -0.15) is 0 Å². The van der Waals surface area contributed by atoms with E-state index in [9.17, 15) is 4.79 Å². The van der Waals surface area contributed by atoms with E-state index in [1.165, 1.54) is 12.4 Å². The predicted octanol–water partition coefficient (Wildman–Crippen LogP) is -0.0881. The SMILES string of the molecule is Cc1cnc(C(CN)C(=O)O)cn1. The van der Waals surface area contributed by atoms with E-state index in [1.54, 1.807) is 6.92 Å². The highest BCUT2D eigenvalue weighted by atomic mass is 16.4. The Kier molecular flexibility index (Phi) is 2.92. The minimum atomic E-state index is -0.972. The Balaban J connectivity index is 2.92. The maximum absolute atomic E-state index is 10.7. The van der Waals surface area contributed by atoms with Gasteiger partial charge in [0.1, 0.15) is 5.92 Å². The molecule has 0 fully saturated rings. The highest BCUT2D eigenvalue weighted by molar-refractivity contribution is 5.75. The smallest absolute Gasteiger partial charge is 0.313 e. The van der Waals surface area contributed by atoms with Crippen LogP contribution in [0.4, 0.5) is 0 Å². The van der Waals surface area contributed by atoms with Crippen LogP contribution in [0.25, 0.3) is 0 Å². The van der Waals surface area contributed by atoms with E-state index in [-0.39, 0.29) is 6.54 Å². The zero-order chi connectivity index (χ0) is 9.84. The van der Waals surface area contributed by atoms with Crippen LogP contribution in [0.1, 0.15) is 17.3 Å². The number of aromatic nitrogens is 2. The number of rotatable bonds is 3. The van der Waals surface area contributed by atoms with Crippen molar-refractivity contribution in [3.63, 3.8) is 0 Å². The molecule has 0 aliphatic rings. The molecule has 5 heteroatoms. The first-order valence-corrected chi connectivity index (χ1v) is 3.86. The second-order valence-electron chi connectivity index (χ2n) is 2.71. The number of hydrogen-bond donors (Lipinski definition) is 2. The highest BCUT2D eigenvalue weighted by Crippen LogP contribution is 2.10. The van der Waals surface area contributed by atoms with Gasteiger partial charge in [0.2, 0.25) is 0 Å². The van der Waals surface area contributed by atoms with Crippen molar-refractivity contribution in [2.45, 2.75) is 12.8 Å². The van der Waals surface area contributed by atoms with Gasteiger partial charge in [-0.15, -0.1) is 0 Å². The van der Waals surface area contributed by atoms with Crippen molar-refractivity contribution >= 4 is 5.97 Å². The molecule has 5 nitrogen and oxygen atoms in total. The molecule has 1 rings (SSSR count). The van der Waals surface area contributed by atoms with Gasteiger partial charge in [-0.1, -0.05) is 0 Å². The van der Waals surface area contributed by atoms with Crippen LogP contribution in [0.3, 0.4) is 0 Å². The van der Waals surface area contributed by atoms with Gasteiger partial charge in [0.15, 0.2) is 0 Å². The van der Waals surface area contributed by atoms with Gasteiger partial charge in [-0.05, 0) is 6.92 Å². The van der Waals surface area contributed by atoms with Crippen LogP contribution < -0.4 is 5.73 Å². The van der Waals surface area contributed by atoms with Crippen molar-refractivity contribution in [3.05, 3.63) is 23.8 Å². The summed E-state index contributed by atoms with van der Waals surface area (Å²) in [6.07, 6.45) is 2.97. The number of aliphatic carboxylic acids is 1. The average molecular weight is 181 g/mol. The summed E-state index contributed by atoms with van der Waals surface area (Å²) in [4.78, 5) is 18.6. The second kappa shape index (κ2) is 3.95. The molecule has 13 heavy (non-hydrogen) atoms. The van der Waals surface area contributed by atoms with E-state index in [2.05, 4.69) is 9.97 Å². The summed E-state index contributed by atoms with van der Waals surface area (Å²) in [5.74, 6) is -1.73. The molecule has 0 saturated carbocycles. The molecular weight excluding hydrogens is 170 g/mol. The van der Waals surface area contributed by atoms with Crippen LogP contribution in [-0.2, 0) is 4.79 Å². The Morgan fingerprint density at radius 2 is 2.31 bits per heavy atom. The summed E-state index contributed by atoms with van der Waals surface area (Å²) >= 11 is 0. The number of nitrogens with two attached hydrogens (primary N) is 1. The summed E-state index contributed by atoms with van der Waals surface area (Å²) in [6.45, 7) is 1.82. The summed E-state index contributed by atoms with van der Waals surface area (Å²) in [5, 5.41) is 8.75. The maximum atomic E-state index is 10.7. The number of nitrogens with zero attached hydrogens (tertiary/aromatic N) is 2. The maximum Gasteiger partial charge on any atom is 0.313 e. The first-order valence-electron chi connectivity index (χ1n) is 3.86.